The summed E-state index contributed by atoms with van der Waals surface area (Å²) in [5, 5.41) is 7.50. The van der Waals surface area contributed by atoms with E-state index in [1.54, 1.807) is 0 Å². The Labute approximate surface area is 130 Å². The van der Waals surface area contributed by atoms with E-state index >= 15 is 0 Å². The molecule has 0 radical (unpaired) electrons. The molecule has 1 heterocycles. The Morgan fingerprint density at radius 3 is 2.86 bits per heavy atom. The highest BCUT2D eigenvalue weighted by Crippen LogP contribution is 2.30. The molecule has 0 spiro atoms. The zero-order valence-electron chi connectivity index (χ0n) is 12.6. The SMILES string of the molecule is NC[C@H]1CCC[C@H]1C(=O)NCc1ccn(-c2ccccc2)n1. The minimum Gasteiger partial charge on any atom is -0.350 e. The van der Waals surface area contributed by atoms with Crippen molar-refractivity contribution in [1.82, 2.24) is 15.1 Å². The van der Waals surface area contributed by atoms with Crippen LogP contribution in [0.4, 0.5) is 0 Å². The minimum atomic E-state index is 0.0706. The Morgan fingerprint density at radius 2 is 2.09 bits per heavy atom. The molecule has 3 rings (SSSR count). The Kier molecular flexibility index (Phi) is 4.53. The van der Waals surface area contributed by atoms with E-state index in [1.807, 2.05) is 47.3 Å². The van der Waals surface area contributed by atoms with Crippen LogP contribution in [-0.4, -0.2) is 22.2 Å². The van der Waals surface area contributed by atoms with Crippen molar-refractivity contribution in [2.75, 3.05) is 6.54 Å². The number of hydrogen-bond donors (Lipinski definition) is 2. The maximum absolute atomic E-state index is 12.3. The second kappa shape index (κ2) is 6.75. The first-order valence-electron chi connectivity index (χ1n) is 7.85. The van der Waals surface area contributed by atoms with E-state index in [4.69, 9.17) is 5.73 Å². The molecule has 5 nitrogen and oxygen atoms in total. The van der Waals surface area contributed by atoms with Gasteiger partial charge in [-0.25, -0.2) is 4.68 Å². The van der Waals surface area contributed by atoms with Gasteiger partial charge in [-0.05, 0) is 43.5 Å². The van der Waals surface area contributed by atoms with Crippen molar-refractivity contribution >= 4 is 5.91 Å². The van der Waals surface area contributed by atoms with Crippen molar-refractivity contribution in [3.05, 3.63) is 48.3 Å². The number of nitrogens with one attached hydrogen (secondary N) is 1. The lowest BCUT2D eigenvalue weighted by molar-refractivity contribution is -0.126. The molecule has 2 atom stereocenters. The minimum absolute atomic E-state index is 0.0706. The second-order valence-electron chi connectivity index (χ2n) is 5.84. The van der Waals surface area contributed by atoms with Crippen LogP contribution in [0, 0.1) is 11.8 Å². The van der Waals surface area contributed by atoms with Crippen molar-refractivity contribution in [3.63, 3.8) is 0 Å². The fourth-order valence-corrected chi connectivity index (χ4v) is 3.15. The van der Waals surface area contributed by atoms with Gasteiger partial charge in [-0.3, -0.25) is 4.79 Å². The smallest absolute Gasteiger partial charge is 0.223 e. The fourth-order valence-electron chi connectivity index (χ4n) is 3.15. The third-order valence-corrected chi connectivity index (χ3v) is 4.41. The molecule has 0 saturated heterocycles. The van der Waals surface area contributed by atoms with Crippen molar-refractivity contribution in [2.24, 2.45) is 17.6 Å². The Hall–Kier alpha value is -2.14. The van der Waals surface area contributed by atoms with Gasteiger partial charge >= 0.3 is 0 Å². The van der Waals surface area contributed by atoms with Gasteiger partial charge in [0.2, 0.25) is 5.91 Å². The molecule has 0 bridgehead atoms. The number of rotatable bonds is 5. The zero-order valence-corrected chi connectivity index (χ0v) is 12.6. The number of para-hydroxylation sites is 1. The number of nitrogens with zero attached hydrogens (tertiary/aromatic N) is 2. The van der Waals surface area contributed by atoms with Crippen LogP contribution in [0.1, 0.15) is 25.0 Å². The molecule has 1 aliphatic carbocycles. The summed E-state index contributed by atoms with van der Waals surface area (Å²) >= 11 is 0. The first-order chi connectivity index (χ1) is 10.8. The van der Waals surface area contributed by atoms with E-state index < -0.39 is 0 Å². The Bertz CT molecular complexity index is 623. The van der Waals surface area contributed by atoms with Gasteiger partial charge in [0.25, 0.3) is 0 Å². The third-order valence-electron chi connectivity index (χ3n) is 4.41. The molecule has 1 aromatic carbocycles. The summed E-state index contributed by atoms with van der Waals surface area (Å²) in [7, 11) is 0. The predicted molar refractivity (Wildman–Crippen MR) is 85.3 cm³/mol. The first kappa shape index (κ1) is 14.8. The highest BCUT2D eigenvalue weighted by Gasteiger charge is 2.31. The van der Waals surface area contributed by atoms with E-state index in [9.17, 15) is 4.79 Å². The van der Waals surface area contributed by atoms with E-state index in [0.29, 0.717) is 19.0 Å². The van der Waals surface area contributed by atoms with Gasteiger partial charge in [-0.2, -0.15) is 5.10 Å². The summed E-state index contributed by atoms with van der Waals surface area (Å²) in [6.07, 6.45) is 5.03. The van der Waals surface area contributed by atoms with Crippen LogP contribution < -0.4 is 11.1 Å². The van der Waals surface area contributed by atoms with Crippen LogP contribution in [0.2, 0.25) is 0 Å². The van der Waals surface area contributed by atoms with Gasteiger partial charge in [0, 0.05) is 12.1 Å². The molecule has 1 saturated carbocycles. The molecule has 2 aromatic rings. The summed E-state index contributed by atoms with van der Waals surface area (Å²) in [6.45, 7) is 1.06. The molecule has 116 valence electrons. The molecule has 1 amide bonds. The standard InChI is InChI=1S/C17H22N4O/c18-11-13-5-4-8-16(13)17(22)19-12-14-9-10-21(20-14)15-6-2-1-3-7-15/h1-3,6-7,9-10,13,16H,4-5,8,11-12,18H2,(H,19,22)/t13-,16-/m1/s1. The van der Waals surface area contributed by atoms with E-state index in [-0.39, 0.29) is 11.8 Å². The molecule has 1 aliphatic rings. The maximum atomic E-state index is 12.3. The highest BCUT2D eigenvalue weighted by molar-refractivity contribution is 5.79. The molecule has 22 heavy (non-hydrogen) atoms. The number of amides is 1. The van der Waals surface area contributed by atoms with Crippen molar-refractivity contribution in [2.45, 2.75) is 25.8 Å². The quantitative estimate of drug-likeness (QED) is 0.885. The number of hydrogen-bond acceptors (Lipinski definition) is 3. The van der Waals surface area contributed by atoms with E-state index in [1.165, 1.54) is 0 Å². The predicted octanol–water partition coefficient (Wildman–Crippen LogP) is 1.86. The van der Waals surface area contributed by atoms with Crippen molar-refractivity contribution < 1.29 is 4.79 Å². The van der Waals surface area contributed by atoms with Gasteiger partial charge in [0.05, 0.1) is 17.9 Å². The van der Waals surface area contributed by atoms with Crippen LogP contribution in [0.15, 0.2) is 42.6 Å². The summed E-state index contributed by atoms with van der Waals surface area (Å²) in [5.74, 6) is 0.519. The summed E-state index contributed by atoms with van der Waals surface area (Å²) in [6, 6.07) is 11.9. The Balaban J connectivity index is 1.58. The second-order valence-corrected chi connectivity index (χ2v) is 5.84. The van der Waals surface area contributed by atoms with Crippen LogP contribution in [0.5, 0.6) is 0 Å². The van der Waals surface area contributed by atoms with Gasteiger partial charge < -0.3 is 11.1 Å². The van der Waals surface area contributed by atoms with Crippen molar-refractivity contribution in [1.29, 1.82) is 0 Å². The number of benzene rings is 1. The number of nitrogens with two attached hydrogens (primary N) is 1. The average molecular weight is 298 g/mol. The molecular weight excluding hydrogens is 276 g/mol. The summed E-state index contributed by atoms with van der Waals surface area (Å²) in [4.78, 5) is 12.3. The molecule has 3 N–H and O–H groups in total. The zero-order chi connectivity index (χ0) is 15.4. The molecule has 5 heteroatoms. The highest BCUT2D eigenvalue weighted by atomic mass is 16.1. The summed E-state index contributed by atoms with van der Waals surface area (Å²) in [5.41, 5.74) is 7.61. The van der Waals surface area contributed by atoms with Crippen molar-refractivity contribution in [3.8, 4) is 5.69 Å². The molecule has 0 unspecified atom stereocenters. The average Bonchev–Trinajstić information content (AvgIpc) is 3.22. The summed E-state index contributed by atoms with van der Waals surface area (Å²) < 4.78 is 1.82. The van der Waals surface area contributed by atoms with Crippen LogP contribution in [-0.2, 0) is 11.3 Å². The first-order valence-corrected chi connectivity index (χ1v) is 7.85. The molecule has 1 fully saturated rings. The number of carbonyl (C=O) groups is 1. The van der Waals surface area contributed by atoms with Crippen LogP contribution in [0.25, 0.3) is 5.69 Å². The Morgan fingerprint density at radius 1 is 1.27 bits per heavy atom. The van der Waals surface area contributed by atoms with Crippen LogP contribution in [0.3, 0.4) is 0 Å². The lowest BCUT2D eigenvalue weighted by atomic mass is 9.95. The third kappa shape index (κ3) is 3.20. The fraction of sp³-hybridized carbons (Fsp3) is 0.412. The molecule has 1 aromatic heterocycles. The van der Waals surface area contributed by atoms with Gasteiger partial charge in [-0.15, -0.1) is 0 Å². The maximum Gasteiger partial charge on any atom is 0.223 e. The number of carbonyl (C=O) groups excluding carboxylic acids is 1. The van der Waals surface area contributed by atoms with E-state index in [0.717, 1.165) is 30.6 Å². The van der Waals surface area contributed by atoms with Crippen LogP contribution >= 0.6 is 0 Å². The molecular formula is C17H22N4O. The lowest BCUT2D eigenvalue weighted by Crippen LogP contribution is -2.34. The van der Waals surface area contributed by atoms with E-state index in [2.05, 4.69) is 10.4 Å². The largest absolute Gasteiger partial charge is 0.350 e. The van der Waals surface area contributed by atoms with Gasteiger partial charge in [-0.1, -0.05) is 24.6 Å². The van der Waals surface area contributed by atoms with Gasteiger partial charge in [0.15, 0.2) is 0 Å². The molecule has 0 aliphatic heterocycles. The van der Waals surface area contributed by atoms with Gasteiger partial charge in [0.1, 0.15) is 0 Å². The normalized spacial score (nSPS) is 21.0. The number of aromatic nitrogens is 2. The lowest BCUT2D eigenvalue weighted by Gasteiger charge is -2.16. The topological polar surface area (TPSA) is 72.9 Å². The monoisotopic (exact) mass is 298 g/mol.